The maximum atomic E-state index is 13.8. The van der Waals surface area contributed by atoms with E-state index in [9.17, 15) is 14.7 Å². The van der Waals surface area contributed by atoms with E-state index in [4.69, 9.17) is 14.2 Å². The van der Waals surface area contributed by atoms with Gasteiger partial charge < -0.3 is 19.3 Å². The monoisotopic (exact) mass is 586 g/mol. The zero-order valence-corrected chi connectivity index (χ0v) is 23.5. The molecule has 1 aliphatic heterocycles. The van der Waals surface area contributed by atoms with Crippen molar-refractivity contribution in [3.05, 3.63) is 83.0 Å². The Labute approximate surface area is 226 Å². The number of rotatable bonds is 7. The molecule has 0 amide bonds. The molecule has 0 bridgehead atoms. The van der Waals surface area contributed by atoms with Gasteiger partial charge >= 0.3 is 5.97 Å². The number of carbonyl (C=O) groups is 1. The molecule has 2 aromatic carbocycles. The number of carbonyl (C=O) groups excluding carboxylic acids is 1. The Kier molecular flexibility index (Phi) is 7.89. The van der Waals surface area contributed by atoms with Crippen molar-refractivity contribution in [1.29, 1.82) is 0 Å². The Hall–Kier alpha value is -3.37. The van der Waals surface area contributed by atoms with E-state index in [2.05, 4.69) is 20.9 Å². The number of benzene rings is 2. The first-order valence-electron chi connectivity index (χ1n) is 11.7. The van der Waals surface area contributed by atoms with Gasteiger partial charge in [0.1, 0.15) is 5.75 Å². The van der Waals surface area contributed by atoms with Gasteiger partial charge in [0.25, 0.3) is 5.56 Å². The van der Waals surface area contributed by atoms with Crippen molar-refractivity contribution in [3.8, 4) is 17.2 Å². The van der Waals surface area contributed by atoms with Crippen LogP contribution in [0.2, 0.25) is 0 Å². The number of phenolic OH excluding ortho intramolecular Hbond substituents is 1. The van der Waals surface area contributed by atoms with Crippen molar-refractivity contribution in [2.45, 2.75) is 39.8 Å². The third kappa shape index (κ3) is 5.35. The number of aromatic hydroxyl groups is 1. The van der Waals surface area contributed by atoms with Crippen LogP contribution in [-0.4, -0.2) is 35.5 Å². The van der Waals surface area contributed by atoms with Gasteiger partial charge in [-0.25, -0.2) is 9.79 Å². The van der Waals surface area contributed by atoms with Gasteiger partial charge in [0.2, 0.25) is 0 Å². The van der Waals surface area contributed by atoms with Crippen molar-refractivity contribution < 1.29 is 24.1 Å². The summed E-state index contributed by atoms with van der Waals surface area (Å²) in [5, 5.41) is 10.1. The number of esters is 1. The van der Waals surface area contributed by atoms with Crippen LogP contribution in [0.4, 0.5) is 0 Å². The minimum atomic E-state index is -0.721. The molecule has 0 unspecified atom stereocenters. The second kappa shape index (κ2) is 10.9. The molecule has 1 aliphatic rings. The quantitative estimate of drug-likeness (QED) is 0.419. The van der Waals surface area contributed by atoms with Crippen molar-refractivity contribution >= 4 is 39.3 Å². The molecule has 37 heavy (non-hydrogen) atoms. The number of hydrogen-bond donors (Lipinski definition) is 1. The lowest BCUT2D eigenvalue weighted by Gasteiger charge is -2.25. The number of hydrogen-bond acceptors (Lipinski definition) is 8. The molecule has 4 rings (SSSR count). The number of methoxy groups -OCH3 is 1. The highest BCUT2D eigenvalue weighted by molar-refractivity contribution is 9.10. The summed E-state index contributed by atoms with van der Waals surface area (Å²) in [7, 11) is 1.45. The van der Waals surface area contributed by atoms with Crippen LogP contribution < -0.4 is 24.4 Å². The molecule has 8 nitrogen and oxygen atoms in total. The van der Waals surface area contributed by atoms with E-state index in [1.807, 2.05) is 31.2 Å². The maximum absolute atomic E-state index is 13.8. The minimum Gasteiger partial charge on any atom is -0.503 e. The third-order valence-corrected chi connectivity index (χ3v) is 7.25. The van der Waals surface area contributed by atoms with Crippen molar-refractivity contribution in [1.82, 2.24) is 4.57 Å². The summed E-state index contributed by atoms with van der Waals surface area (Å²) in [6.45, 7) is 7.73. The molecule has 1 atom stereocenters. The molecule has 2 heterocycles. The Morgan fingerprint density at radius 2 is 1.97 bits per heavy atom. The summed E-state index contributed by atoms with van der Waals surface area (Å²) in [5.41, 5.74) is 1.89. The molecule has 0 saturated carbocycles. The zero-order valence-electron chi connectivity index (χ0n) is 21.1. The molecule has 194 valence electrons. The van der Waals surface area contributed by atoms with Crippen LogP contribution >= 0.6 is 27.3 Å². The third-order valence-electron chi connectivity index (χ3n) is 5.66. The van der Waals surface area contributed by atoms with Crippen molar-refractivity contribution in [2.75, 3.05) is 13.7 Å². The van der Waals surface area contributed by atoms with Gasteiger partial charge in [-0.15, -0.1) is 0 Å². The van der Waals surface area contributed by atoms with Crippen LogP contribution in [0.5, 0.6) is 17.2 Å². The van der Waals surface area contributed by atoms with E-state index in [1.54, 1.807) is 39.0 Å². The van der Waals surface area contributed by atoms with Gasteiger partial charge in [0, 0.05) is 0 Å². The van der Waals surface area contributed by atoms with Crippen LogP contribution in [0.25, 0.3) is 6.08 Å². The summed E-state index contributed by atoms with van der Waals surface area (Å²) in [6.07, 6.45) is 1.37. The smallest absolute Gasteiger partial charge is 0.338 e. The molecule has 0 fully saturated rings. The van der Waals surface area contributed by atoms with Gasteiger partial charge in [0.15, 0.2) is 16.3 Å². The van der Waals surface area contributed by atoms with Crippen LogP contribution in [0.1, 0.15) is 44.9 Å². The van der Waals surface area contributed by atoms with E-state index in [0.29, 0.717) is 43.0 Å². The summed E-state index contributed by atoms with van der Waals surface area (Å²) < 4.78 is 18.7. The number of fused-ring (bicyclic) bond motifs is 1. The number of ether oxygens (including phenoxy) is 3. The first-order chi connectivity index (χ1) is 17.6. The molecule has 1 N–H and O–H groups in total. The summed E-state index contributed by atoms with van der Waals surface area (Å²) in [6, 6.07) is 9.93. The van der Waals surface area contributed by atoms with E-state index in [1.165, 1.54) is 23.0 Å². The molecule has 0 aliphatic carbocycles. The Morgan fingerprint density at radius 3 is 2.59 bits per heavy atom. The van der Waals surface area contributed by atoms with Crippen molar-refractivity contribution in [2.24, 2.45) is 4.99 Å². The van der Waals surface area contributed by atoms with Gasteiger partial charge in [-0.05, 0) is 85.1 Å². The Bertz CT molecular complexity index is 1550. The van der Waals surface area contributed by atoms with E-state index in [-0.39, 0.29) is 23.2 Å². The fourth-order valence-electron chi connectivity index (χ4n) is 4.07. The lowest BCUT2D eigenvalue weighted by Crippen LogP contribution is -2.40. The highest BCUT2D eigenvalue weighted by Gasteiger charge is 2.33. The van der Waals surface area contributed by atoms with E-state index in [0.717, 1.165) is 5.56 Å². The number of aromatic nitrogens is 1. The largest absolute Gasteiger partial charge is 0.503 e. The van der Waals surface area contributed by atoms with Crippen LogP contribution in [0.15, 0.2) is 61.9 Å². The second-order valence-corrected chi connectivity index (χ2v) is 10.5. The number of thiazole rings is 1. The van der Waals surface area contributed by atoms with Gasteiger partial charge in [-0.1, -0.05) is 23.5 Å². The first kappa shape index (κ1) is 26.7. The highest BCUT2D eigenvalue weighted by atomic mass is 79.9. The Morgan fingerprint density at radius 1 is 1.27 bits per heavy atom. The summed E-state index contributed by atoms with van der Waals surface area (Å²) in [4.78, 5) is 32.0. The molecule has 10 heteroatoms. The average Bonchev–Trinajstić information content (AvgIpc) is 3.14. The number of halogens is 1. The lowest BCUT2D eigenvalue weighted by atomic mass is 9.96. The van der Waals surface area contributed by atoms with Crippen LogP contribution in [0.3, 0.4) is 0 Å². The molecular weight excluding hydrogens is 560 g/mol. The summed E-state index contributed by atoms with van der Waals surface area (Å²) in [5.74, 6) is 0.421. The topological polar surface area (TPSA) is 99.4 Å². The van der Waals surface area contributed by atoms with E-state index < -0.39 is 12.0 Å². The average molecular weight is 587 g/mol. The zero-order chi connectivity index (χ0) is 26.9. The van der Waals surface area contributed by atoms with Crippen molar-refractivity contribution in [3.63, 3.8) is 0 Å². The van der Waals surface area contributed by atoms with Gasteiger partial charge in [-0.3, -0.25) is 9.36 Å². The standard InChI is InChI=1S/C27H27BrN2O6S/c1-6-35-18-9-7-17(8-10-18)23-22(26(33)36-14(2)3)15(4)29-27-30(23)25(32)21(37-27)13-16-11-19(28)24(31)20(12-16)34-5/h7-14,23,31H,6H2,1-5H3/b21-13+/t23-/m1/s1. The molecule has 1 aromatic heterocycles. The summed E-state index contributed by atoms with van der Waals surface area (Å²) >= 11 is 4.54. The first-order valence-corrected chi connectivity index (χ1v) is 13.3. The minimum absolute atomic E-state index is 0.0273. The molecule has 3 aromatic rings. The fraction of sp³-hybridized carbons (Fsp3) is 0.296. The predicted molar refractivity (Wildman–Crippen MR) is 145 cm³/mol. The lowest BCUT2D eigenvalue weighted by molar-refractivity contribution is -0.143. The molecule has 0 radical (unpaired) electrons. The molecule has 0 saturated heterocycles. The SMILES string of the molecule is CCOc1ccc([C@@H]2C(C(=O)OC(C)C)=C(C)N=c3s/c(=C/c4cc(Br)c(O)c(OC)c4)c(=O)n32)cc1. The van der Waals surface area contributed by atoms with E-state index >= 15 is 0 Å². The van der Waals surface area contributed by atoms with Gasteiger partial charge in [0.05, 0.1) is 46.1 Å². The van der Waals surface area contributed by atoms with Crippen LogP contribution in [-0.2, 0) is 9.53 Å². The number of phenols is 1. The van der Waals surface area contributed by atoms with Gasteiger partial charge in [-0.2, -0.15) is 0 Å². The fourth-order valence-corrected chi connectivity index (χ4v) is 5.58. The second-order valence-electron chi connectivity index (χ2n) is 8.59. The highest BCUT2D eigenvalue weighted by Crippen LogP contribution is 2.35. The number of nitrogens with zero attached hydrogens (tertiary/aromatic N) is 2. The molecule has 0 spiro atoms. The molecular formula is C27H27BrN2O6S. The van der Waals surface area contributed by atoms with Crippen LogP contribution in [0, 0.1) is 0 Å². The number of allylic oxidation sites excluding steroid dienone is 1. The normalized spacial score (nSPS) is 15.4. The Balaban J connectivity index is 1.92. The predicted octanol–water partition coefficient (Wildman–Crippen LogP) is 4.06. The maximum Gasteiger partial charge on any atom is 0.338 e.